The molecular weight excluding hydrogens is 580 g/mol. The Morgan fingerprint density at radius 1 is 0.886 bits per heavy atom. The number of aryl methyl sites for hydroxylation is 2. The summed E-state index contributed by atoms with van der Waals surface area (Å²) in [5.41, 5.74) is 5.92. The first kappa shape index (κ1) is 33.8. The first-order chi connectivity index (χ1) is 20.7. The van der Waals surface area contributed by atoms with Crippen molar-refractivity contribution in [2.45, 2.75) is 60.4 Å². The number of aromatic nitrogens is 4. The minimum atomic E-state index is -0.597. The molecule has 5 aromatic rings. The molecular formula is C35H39KN4O4. The van der Waals surface area contributed by atoms with Crippen LogP contribution < -0.4 is 16.1 Å². The average Bonchev–Trinajstić information content (AvgIpc) is 3.44. The molecule has 2 heterocycles. The Labute approximate surface area is 300 Å². The van der Waals surface area contributed by atoms with Crippen molar-refractivity contribution in [3.05, 3.63) is 111 Å². The molecule has 0 saturated heterocycles. The Kier molecular flexibility index (Phi) is 11.4. The topological polar surface area (TPSA) is 103 Å². The normalized spacial score (nSPS) is 11.3. The van der Waals surface area contributed by atoms with Crippen LogP contribution in [-0.2, 0) is 19.4 Å². The van der Waals surface area contributed by atoms with Crippen LogP contribution in [0.4, 0.5) is 0 Å². The van der Waals surface area contributed by atoms with Crippen LogP contribution >= 0.6 is 0 Å². The zero-order valence-electron chi connectivity index (χ0n) is 25.4. The molecule has 0 aliphatic rings. The van der Waals surface area contributed by atoms with E-state index in [-0.39, 0.29) is 62.4 Å². The van der Waals surface area contributed by atoms with Crippen molar-refractivity contribution in [2.24, 2.45) is 5.41 Å². The zero-order valence-corrected chi connectivity index (χ0v) is 25.4. The SMILES string of the molecule is CCCc1nc(CC)c(-c2ccc(OCC(C)(C)C)cc2)c(=O)n1Cc1ccc(-c2ccccc2-c2noc(=O)[nH]2)cc1.[KH]. The van der Waals surface area contributed by atoms with E-state index < -0.39 is 5.76 Å². The third-order valence-electron chi connectivity index (χ3n) is 7.17. The number of nitrogens with one attached hydrogen (secondary N) is 1. The van der Waals surface area contributed by atoms with Gasteiger partial charge in [0.05, 0.1) is 24.4 Å². The van der Waals surface area contributed by atoms with Crippen LogP contribution in [0.5, 0.6) is 5.75 Å². The van der Waals surface area contributed by atoms with Crippen LogP contribution in [0.15, 0.2) is 86.9 Å². The fraction of sp³-hybridized carbons (Fsp3) is 0.314. The number of ether oxygens (including phenoxy) is 1. The molecule has 0 aliphatic heterocycles. The molecule has 0 fully saturated rings. The summed E-state index contributed by atoms with van der Waals surface area (Å²) in [7, 11) is 0. The third-order valence-corrected chi connectivity index (χ3v) is 7.17. The summed E-state index contributed by atoms with van der Waals surface area (Å²) in [5, 5.41) is 3.86. The van der Waals surface area contributed by atoms with Gasteiger partial charge in [0.25, 0.3) is 5.56 Å². The summed E-state index contributed by atoms with van der Waals surface area (Å²) in [5.74, 6) is 1.36. The summed E-state index contributed by atoms with van der Waals surface area (Å²) < 4.78 is 12.5. The number of nitrogens with zero attached hydrogens (tertiary/aromatic N) is 3. The second-order valence-electron chi connectivity index (χ2n) is 11.9. The first-order valence-electron chi connectivity index (χ1n) is 14.8. The molecule has 2 aromatic heterocycles. The van der Waals surface area contributed by atoms with Gasteiger partial charge >= 0.3 is 57.1 Å². The van der Waals surface area contributed by atoms with E-state index in [4.69, 9.17) is 14.2 Å². The molecule has 0 unspecified atom stereocenters. The van der Waals surface area contributed by atoms with Gasteiger partial charge in [-0.15, -0.1) is 0 Å². The molecule has 3 aromatic carbocycles. The van der Waals surface area contributed by atoms with Crippen LogP contribution in [0.3, 0.4) is 0 Å². The number of aromatic amines is 1. The number of hydrogen-bond acceptors (Lipinski definition) is 6. The van der Waals surface area contributed by atoms with Gasteiger partial charge in [-0.3, -0.25) is 18.9 Å². The molecule has 0 bridgehead atoms. The number of rotatable bonds is 10. The van der Waals surface area contributed by atoms with Gasteiger partial charge < -0.3 is 4.74 Å². The van der Waals surface area contributed by atoms with Crippen LogP contribution in [0.1, 0.15) is 58.1 Å². The van der Waals surface area contributed by atoms with E-state index in [1.165, 1.54) is 0 Å². The molecule has 224 valence electrons. The van der Waals surface area contributed by atoms with Crippen molar-refractivity contribution >= 4 is 51.4 Å². The Balaban J connectivity index is 0.00000442. The Morgan fingerprint density at radius 3 is 2.14 bits per heavy atom. The van der Waals surface area contributed by atoms with Gasteiger partial charge in [-0.25, -0.2) is 9.78 Å². The van der Waals surface area contributed by atoms with E-state index in [0.29, 0.717) is 37.4 Å². The van der Waals surface area contributed by atoms with Gasteiger partial charge in [0.15, 0.2) is 5.82 Å². The summed E-state index contributed by atoms with van der Waals surface area (Å²) in [6.45, 7) is 11.6. The van der Waals surface area contributed by atoms with Gasteiger partial charge in [0, 0.05) is 12.0 Å². The fourth-order valence-corrected chi connectivity index (χ4v) is 5.05. The average molecular weight is 619 g/mol. The van der Waals surface area contributed by atoms with Gasteiger partial charge in [-0.05, 0) is 52.6 Å². The molecule has 0 spiro atoms. The molecule has 9 heteroatoms. The van der Waals surface area contributed by atoms with Crippen LogP contribution in [0.2, 0.25) is 0 Å². The van der Waals surface area contributed by atoms with Crippen molar-refractivity contribution in [2.75, 3.05) is 6.61 Å². The first-order valence-corrected chi connectivity index (χ1v) is 14.8. The van der Waals surface area contributed by atoms with E-state index in [1.54, 1.807) is 0 Å². The van der Waals surface area contributed by atoms with Crippen LogP contribution in [-0.4, -0.2) is 77.7 Å². The molecule has 44 heavy (non-hydrogen) atoms. The second-order valence-corrected chi connectivity index (χ2v) is 11.9. The fourth-order valence-electron chi connectivity index (χ4n) is 5.05. The van der Waals surface area contributed by atoms with Gasteiger partial charge in [-0.1, -0.05) is 100 Å². The predicted molar refractivity (Wildman–Crippen MR) is 177 cm³/mol. The number of benzene rings is 3. The predicted octanol–water partition coefficient (Wildman–Crippen LogP) is 6.26. The summed E-state index contributed by atoms with van der Waals surface area (Å²) in [6.07, 6.45) is 2.26. The maximum absolute atomic E-state index is 14.1. The zero-order chi connectivity index (χ0) is 30.6. The molecule has 0 aliphatic carbocycles. The van der Waals surface area contributed by atoms with E-state index in [1.807, 2.05) is 84.3 Å². The Hall–Kier alpha value is -3.08. The minimum absolute atomic E-state index is 0. The van der Waals surface area contributed by atoms with Gasteiger partial charge in [-0.2, -0.15) is 0 Å². The third kappa shape index (κ3) is 7.94. The monoisotopic (exact) mass is 618 g/mol. The maximum atomic E-state index is 14.1. The Bertz CT molecular complexity index is 1810. The second kappa shape index (κ2) is 14.8. The summed E-state index contributed by atoms with van der Waals surface area (Å²) in [4.78, 5) is 33.3. The van der Waals surface area contributed by atoms with Crippen molar-refractivity contribution < 1.29 is 9.26 Å². The van der Waals surface area contributed by atoms with Crippen molar-refractivity contribution in [3.63, 3.8) is 0 Å². The molecule has 0 radical (unpaired) electrons. The van der Waals surface area contributed by atoms with E-state index in [9.17, 15) is 9.59 Å². The van der Waals surface area contributed by atoms with E-state index in [2.05, 4.69) is 37.8 Å². The van der Waals surface area contributed by atoms with Crippen LogP contribution in [0, 0.1) is 5.41 Å². The number of H-pyrrole nitrogens is 1. The van der Waals surface area contributed by atoms with Crippen molar-refractivity contribution in [3.8, 4) is 39.4 Å². The van der Waals surface area contributed by atoms with Crippen molar-refractivity contribution in [1.82, 2.24) is 19.7 Å². The standard InChI is InChI=1S/C35H38N4O4.K.H/c1-6-10-30-36-29(7-2)31(25-17-19-26(20-18-25)42-22-35(3,4)5)33(40)39(30)21-23-13-15-24(16-14-23)27-11-8-9-12-28(27)32-37-34(41)43-38-32;;/h8-9,11-20H,6-7,10,21-22H2,1-5H3,(H,37,38,41);;. The van der Waals surface area contributed by atoms with Gasteiger partial charge in [0.2, 0.25) is 0 Å². The van der Waals surface area contributed by atoms with E-state index in [0.717, 1.165) is 51.5 Å². The molecule has 0 amide bonds. The molecule has 1 N–H and O–H groups in total. The molecule has 8 nitrogen and oxygen atoms in total. The van der Waals surface area contributed by atoms with Crippen LogP contribution in [0.25, 0.3) is 33.6 Å². The summed E-state index contributed by atoms with van der Waals surface area (Å²) in [6, 6.07) is 23.5. The van der Waals surface area contributed by atoms with Gasteiger partial charge in [0.1, 0.15) is 11.6 Å². The molecule has 5 rings (SSSR count). The van der Waals surface area contributed by atoms with E-state index >= 15 is 0 Å². The molecule has 0 atom stereocenters. The number of hydrogen-bond donors (Lipinski definition) is 1. The summed E-state index contributed by atoms with van der Waals surface area (Å²) >= 11 is 0. The Morgan fingerprint density at radius 2 is 1.55 bits per heavy atom. The quantitative estimate of drug-likeness (QED) is 0.185. The van der Waals surface area contributed by atoms with Crippen molar-refractivity contribution in [1.29, 1.82) is 0 Å². The molecule has 0 saturated carbocycles.